The van der Waals surface area contributed by atoms with Crippen LogP contribution in [0.1, 0.15) is 16.7 Å². The normalized spacial score (nSPS) is 11.1. The van der Waals surface area contributed by atoms with Crippen molar-refractivity contribution >= 4 is 10.9 Å². The summed E-state index contributed by atoms with van der Waals surface area (Å²) in [5.41, 5.74) is 7.62. The van der Waals surface area contributed by atoms with Crippen molar-refractivity contribution in [3.63, 3.8) is 0 Å². The Kier molecular flexibility index (Phi) is 2.48. The van der Waals surface area contributed by atoms with E-state index in [4.69, 9.17) is 0 Å². The number of aromatic nitrogens is 1. The van der Waals surface area contributed by atoms with Crippen LogP contribution in [0.5, 0.6) is 0 Å². The summed E-state index contributed by atoms with van der Waals surface area (Å²) >= 11 is 0. The molecular weight excluding hydrogens is 218 g/mol. The molecule has 18 heavy (non-hydrogen) atoms. The number of aromatic amines is 1. The maximum absolute atomic E-state index is 3.50. The van der Waals surface area contributed by atoms with Gasteiger partial charge in [-0.15, -0.1) is 0 Å². The average molecular weight is 235 g/mol. The van der Waals surface area contributed by atoms with Gasteiger partial charge in [-0.2, -0.15) is 0 Å². The first kappa shape index (κ1) is 11.1. The molecule has 0 unspecified atom stereocenters. The molecule has 0 atom stereocenters. The fourth-order valence-corrected chi connectivity index (χ4v) is 2.29. The van der Waals surface area contributed by atoms with E-state index in [1.807, 2.05) is 0 Å². The smallest absolute Gasteiger partial charge is 0.0464 e. The van der Waals surface area contributed by atoms with Crippen LogP contribution in [0.15, 0.2) is 42.5 Å². The highest BCUT2D eigenvalue weighted by atomic mass is 14.7. The number of H-pyrrole nitrogens is 1. The third-order valence-corrected chi connectivity index (χ3v) is 3.60. The number of aryl methyl sites for hydroxylation is 3. The second-order valence-corrected chi connectivity index (χ2v) is 5.07. The number of hydrogen-bond donors (Lipinski definition) is 1. The Morgan fingerprint density at radius 2 is 1.44 bits per heavy atom. The molecule has 0 bridgehead atoms. The lowest BCUT2D eigenvalue weighted by atomic mass is 10.1. The lowest BCUT2D eigenvalue weighted by molar-refractivity contribution is 1.35. The Labute approximate surface area is 107 Å². The van der Waals surface area contributed by atoms with Crippen LogP contribution < -0.4 is 0 Å². The van der Waals surface area contributed by atoms with E-state index in [0.717, 1.165) is 0 Å². The molecule has 1 aromatic heterocycles. The van der Waals surface area contributed by atoms with Gasteiger partial charge in [0.25, 0.3) is 0 Å². The minimum Gasteiger partial charge on any atom is -0.355 e. The van der Waals surface area contributed by atoms with E-state index in [1.165, 1.54) is 38.9 Å². The number of fused-ring (bicyclic) bond motifs is 1. The van der Waals surface area contributed by atoms with Gasteiger partial charge in [0.15, 0.2) is 0 Å². The molecule has 0 spiro atoms. The molecule has 1 heterocycles. The van der Waals surface area contributed by atoms with Gasteiger partial charge in [0.05, 0.1) is 0 Å². The average Bonchev–Trinajstić information content (AvgIpc) is 2.73. The number of hydrogen-bond acceptors (Lipinski definition) is 0. The summed E-state index contributed by atoms with van der Waals surface area (Å²) in [6, 6.07) is 15.3. The van der Waals surface area contributed by atoms with Crippen LogP contribution in [-0.4, -0.2) is 4.98 Å². The molecule has 90 valence electrons. The Hall–Kier alpha value is -2.02. The molecule has 0 aliphatic rings. The quantitative estimate of drug-likeness (QED) is 0.626. The van der Waals surface area contributed by atoms with Gasteiger partial charge in [0.1, 0.15) is 0 Å². The zero-order chi connectivity index (χ0) is 12.7. The van der Waals surface area contributed by atoms with Crippen molar-refractivity contribution in [2.24, 2.45) is 0 Å². The Morgan fingerprint density at radius 1 is 0.778 bits per heavy atom. The second kappa shape index (κ2) is 4.02. The van der Waals surface area contributed by atoms with Crippen molar-refractivity contribution in [2.45, 2.75) is 20.8 Å². The van der Waals surface area contributed by atoms with Crippen LogP contribution in [0.4, 0.5) is 0 Å². The predicted octanol–water partition coefficient (Wildman–Crippen LogP) is 4.76. The summed E-state index contributed by atoms with van der Waals surface area (Å²) in [7, 11) is 0. The van der Waals surface area contributed by atoms with Gasteiger partial charge in [-0.3, -0.25) is 0 Å². The van der Waals surface area contributed by atoms with Crippen LogP contribution in [0.3, 0.4) is 0 Å². The van der Waals surface area contributed by atoms with E-state index >= 15 is 0 Å². The van der Waals surface area contributed by atoms with Crippen molar-refractivity contribution in [1.29, 1.82) is 0 Å². The van der Waals surface area contributed by atoms with Gasteiger partial charge in [-0.1, -0.05) is 29.8 Å². The van der Waals surface area contributed by atoms with Crippen LogP contribution in [0.25, 0.3) is 22.2 Å². The number of nitrogens with one attached hydrogen (secondary N) is 1. The molecule has 0 aliphatic carbocycles. The molecule has 1 nitrogen and oxygen atoms in total. The molecular formula is C17H17N. The molecule has 1 heteroatoms. The first-order valence-corrected chi connectivity index (χ1v) is 6.30. The van der Waals surface area contributed by atoms with Crippen molar-refractivity contribution in [3.05, 3.63) is 59.2 Å². The maximum atomic E-state index is 3.50. The van der Waals surface area contributed by atoms with E-state index in [-0.39, 0.29) is 0 Å². The molecule has 3 aromatic rings. The van der Waals surface area contributed by atoms with Crippen molar-refractivity contribution in [1.82, 2.24) is 4.98 Å². The molecule has 0 saturated carbocycles. The van der Waals surface area contributed by atoms with E-state index < -0.39 is 0 Å². The Balaban J connectivity index is 2.16. The molecule has 0 amide bonds. The first-order chi connectivity index (χ1) is 8.63. The topological polar surface area (TPSA) is 15.8 Å². The first-order valence-electron chi connectivity index (χ1n) is 6.30. The molecule has 2 aromatic carbocycles. The fraction of sp³-hybridized carbons (Fsp3) is 0.176. The summed E-state index contributed by atoms with van der Waals surface area (Å²) in [4.78, 5) is 3.50. The van der Waals surface area contributed by atoms with Crippen LogP contribution >= 0.6 is 0 Å². The molecule has 1 N–H and O–H groups in total. The third kappa shape index (κ3) is 1.82. The van der Waals surface area contributed by atoms with Gasteiger partial charge in [0, 0.05) is 16.6 Å². The molecule has 0 aliphatic heterocycles. The van der Waals surface area contributed by atoms with Crippen LogP contribution in [-0.2, 0) is 0 Å². The Bertz CT molecular complexity index is 663. The highest BCUT2D eigenvalue weighted by Gasteiger charge is 2.04. The minimum atomic E-state index is 1.19. The largest absolute Gasteiger partial charge is 0.355 e. The van der Waals surface area contributed by atoms with E-state index in [2.05, 4.69) is 68.2 Å². The summed E-state index contributed by atoms with van der Waals surface area (Å²) in [5.74, 6) is 0. The number of rotatable bonds is 1. The van der Waals surface area contributed by atoms with Crippen LogP contribution in [0, 0.1) is 20.8 Å². The standard InChI is InChI=1S/C17H17N/c1-11-4-6-14(7-5-11)17-10-15-8-12(2)13(3)9-16(15)18-17/h4-10,18H,1-3H3. The van der Waals surface area contributed by atoms with Gasteiger partial charge in [-0.05, 0) is 55.7 Å². The van der Waals surface area contributed by atoms with Gasteiger partial charge in [-0.25, -0.2) is 0 Å². The lowest BCUT2D eigenvalue weighted by Gasteiger charge is -1.99. The van der Waals surface area contributed by atoms with E-state index in [9.17, 15) is 0 Å². The summed E-state index contributed by atoms with van der Waals surface area (Å²) in [5, 5.41) is 1.29. The predicted molar refractivity (Wildman–Crippen MR) is 77.9 cm³/mol. The van der Waals surface area contributed by atoms with Crippen molar-refractivity contribution in [3.8, 4) is 11.3 Å². The summed E-state index contributed by atoms with van der Waals surface area (Å²) in [6.45, 7) is 6.43. The van der Waals surface area contributed by atoms with E-state index in [1.54, 1.807) is 0 Å². The van der Waals surface area contributed by atoms with Crippen molar-refractivity contribution in [2.75, 3.05) is 0 Å². The maximum Gasteiger partial charge on any atom is 0.0464 e. The highest BCUT2D eigenvalue weighted by Crippen LogP contribution is 2.26. The zero-order valence-corrected chi connectivity index (χ0v) is 11.0. The van der Waals surface area contributed by atoms with Gasteiger partial charge < -0.3 is 4.98 Å². The van der Waals surface area contributed by atoms with Crippen LogP contribution in [0.2, 0.25) is 0 Å². The molecule has 0 fully saturated rings. The summed E-state index contributed by atoms with van der Waals surface area (Å²) < 4.78 is 0. The molecule has 0 radical (unpaired) electrons. The Morgan fingerprint density at radius 3 is 2.17 bits per heavy atom. The van der Waals surface area contributed by atoms with Gasteiger partial charge in [0.2, 0.25) is 0 Å². The lowest BCUT2D eigenvalue weighted by Crippen LogP contribution is -1.79. The fourth-order valence-electron chi connectivity index (χ4n) is 2.29. The highest BCUT2D eigenvalue weighted by molar-refractivity contribution is 5.87. The van der Waals surface area contributed by atoms with Crippen molar-refractivity contribution < 1.29 is 0 Å². The monoisotopic (exact) mass is 235 g/mol. The SMILES string of the molecule is Cc1ccc(-c2cc3cc(C)c(C)cc3[nH]2)cc1. The molecule has 3 rings (SSSR count). The summed E-state index contributed by atoms with van der Waals surface area (Å²) in [6.07, 6.45) is 0. The number of benzene rings is 2. The van der Waals surface area contributed by atoms with Gasteiger partial charge >= 0.3 is 0 Å². The second-order valence-electron chi connectivity index (χ2n) is 5.07. The third-order valence-electron chi connectivity index (χ3n) is 3.60. The van der Waals surface area contributed by atoms with E-state index in [0.29, 0.717) is 0 Å². The minimum absolute atomic E-state index is 1.19. The molecule has 0 saturated heterocycles. The zero-order valence-electron chi connectivity index (χ0n) is 11.0.